The molecule has 0 amide bonds. The normalized spacial score (nSPS) is 18.6. The fraction of sp³-hybridized carbons (Fsp3) is 0.600. The molecule has 4 heteroatoms. The Morgan fingerprint density at radius 1 is 1.26 bits per heavy atom. The third-order valence-corrected chi connectivity index (χ3v) is 3.83. The maximum absolute atomic E-state index is 6.40. The lowest BCUT2D eigenvalue weighted by Gasteiger charge is -2.22. The fourth-order valence-electron chi connectivity index (χ4n) is 2.68. The molecule has 0 radical (unpaired) electrons. The minimum absolute atomic E-state index is 0.0167. The summed E-state index contributed by atoms with van der Waals surface area (Å²) < 4.78 is 11.5. The second kappa shape index (κ2) is 6.49. The quantitative estimate of drug-likeness (QED) is 0.853. The first-order valence-electron chi connectivity index (χ1n) is 7.05. The third kappa shape index (κ3) is 2.98. The van der Waals surface area contributed by atoms with Gasteiger partial charge >= 0.3 is 0 Å². The van der Waals surface area contributed by atoms with Crippen LogP contribution < -0.4 is 15.2 Å². The number of nitrogens with two attached hydrogens (primary N) is 1. The highest BCUT2D eigenvalue weighted by Crippen LogP contribution is 2.44. The second-order valence-corrected chi connectivity index (χ2v) is 5.20. The summed E-state index contributed by atoms with van der Waals surface area (Å²) in [6.45, 7) is 5.11. The molecule has 0 bridgehead atoms. The van der Waals surface area contributed by atoms with Gasteiger partial charge < -0.3 is 15.2 Å². The number of fused-ring (bicyclic) bond motifs is 1. The van der Waals surface area contributed by atoms with Crippen LogP contribution in [0.1, 0.15) is 50.3 Å². The lowest BCUT2D eigenvalue weighted by atomic mass is 9.97. The molecule has 0 aliphatic heterocycles. The van der Waals surface area contributed by atoms with E-state index in [9.17, 15) is 0 Å². The van der Waals surface area contributed by atoms with Crippen molar-refractivity contribution in [1.82, 2.24) is 0 Å². The number of ether oxygens (including phenoxy) is 2. The Kier molecular flexibility index (Phi) is 4.94. The highest BCUT2D eigenvalue weighted by Gasteiger charge is 2.25. The molecule has 0 aromatic heterocycles. The van der Waals surface area contributed by atoms with E-state index in [1.165, 1.54) is 0 Å². The summed E-state index contributed by atoms with van der Waals surface area (Å²) in [7, 11) is 0. The Morgan fingerprint density at radius 3 is 2.68 bits per heavy atom. The Hall–Kier alpha value is -0.930. The summed E-state index contributed by atoms with van der Waals surface area (Å²) in [5.41, 5.74) is 8.51. The average molecular weight is 284 g/mol. The Bertz CT molecular complexity index is 448. The number of hydrogen-bond donors (Lipinski definition) is 1. The average Bonchev–Trinajstić information content (AvgIpc) is 2.57. The van der Waals surface area contributed by atoms with E-state index in [2.05, 4.69) is 0 Å². The van der Waals surface area contributed by atoms with E-state index in [0.717, 1.165) is 47.6 Å². The Labute approximate surface area is 120 Å². The molecule has 1 aliphatic carbocycles. The van der Waals surface area contributed by atoms with Crippen molar-refractivity contribution in [2.75, 3.05) is 13.2 Å². The van der Waals surface area contributed by atoms with Crippen LogP contribution in [0.15, 0.2) is 6.07 Å². The number of hydrogen-bond acceptors (Lipinski definition) is 3. The van der Waals surface area contributed by atoms with Crippen LogP contribution in [0.3, 0.4) is 0 Å². The third-order valence-electron chi connectivity index (χ3n) is 3.49. The second-order valence-electron chi connectivity index (χ2n) is 4.80. The molecule has 3 nitrogen and oxygen atoms in total. The van der Waals surface area contributed by atoms with Crippen LogP contribution in [-0.2, 0) is 6.42 Å². The SMILES string of the molecule is CCOc1cc(Cl)c2c(c1OCC)[C@@H](N)CCCC2. The van der Waals surface area contributed by atoms with Crippen molar-refractivity contribution >= 4 is 11.6 Å². The van der Waals surface area contributed by atoms with E-state index >= 15 is 0 Å². The van der Waals surface area contributed by atoms with Gasteiger partial charge in [0.2, 0.25) is 0 Å². The summed E-state index contributed by atoms with van der Waals surface area (Å²) in [5.74, 6) is 1.50. The van der Waals surface area contributed by atoms with Gasteiger partial charge in [-0.1, -0.05) is 18.0 Å². The fourth-order valence-corrected chi connectivity index (χ4v) is 2.97. The zero-order valence-corrected chi connectivity index (χ0v) is 12.4. The first-order valence-corrected chi connectivity index (χ1v) is 7.43. The standard InChI is InChI=1S/C15H22ClNO2/c1-3-18-13-9-11(16)10-7-5-6-8-12(17)14(10)15(13)19-4-2/h9,12H,3-8,17H2,1-2H3/t12-/m0/s1. The van der Waals surface area contributed by atoms with Crippen LogP contribution >= 0.6 is 11.6 Å². The molecular formula is C15H22ClNO2. The molecule has 0 saturated carbocycles. The van der Waals surface area contributed by atoms with Gasteiger partial charge in [-0.05, 0) is 38.7 Å². The molecule has 2 N–H and O–H groups in total. The number of rotatable bonds is 4. The maximum atomic E-state index is 6.40. The Morgan fingerprint density at radius 2 is 2.00 bits per heavy atom. The topological polar surface area (TPSA) is 44.5 Å². The van der Waals surface area contributed by atoms with Gasteiger partial charge in [0.15, 0.2) is 11.5 Å². The highest BCUT2D eigenvalue weighted by molar-refractivity contribution is 6.31. The molecule has 1 aromatic carbocycles. The number of benzene rings is 1. The summed E-state index contributed by atoms with van der Waals surface area (Å²) in [5, 5.41) is 0.749. The molecule has 0 heterocycles. The van der Waals surface area contributed by atoms with Gasteiger partial charge in [-0.3, -0.25) is 0 Å². The van der Waals surface area contributed by atoms with Crippen LogP contribution in [0.5, 0.6) is 11.5 Å². The molecule has 0 unspecified atom stereocenters. The molecular weight excluding hydrogens is 262 g/mol. The van der Waals surface area contributed by atoms with Crippen LogP contribution in [-0.4, -0.2) is 13.2 Å². The minimum Gasteiger partial charge on any atom is -0.490 e. The van der Waals surface area contributed by atoms with Crippen molar-refractivity contribution in [3.8, 4) is 11.5 Å². The predicted molar refractivity (Wildman–Crippen MR) is 78.3 cm³/mol. The molecule has 1 aliphatic rings. The zero-order valence-electron chi connectivity index (χ0n) is 11.7. The van der Waals surface area contributed by atoms with E-state index in [4.69, 9.17) is 26.8 Å². The lowest BCUT2D eigenvalue weighted by Crippen LogP contribution is -2.14. The van der Waals surface area contributed by atoms with Crippen molar-refractivity contribution in [2.24, 2.45) is 5.73 Å². The van der Waals surface area contributed by atoms with Gasteiger partial charge in [-0.2, -0.15) is 0 Å². The van der Waals surface area contributed by atoms with Crippen molar-refractivity contribution in [3.05, 3.63) is 22.2 Å². The van der Waals surface area contributed by atoms with Gasteiger partial charge in [0.25, 0.3) is 0 Å². The smallest absolute Gasteiger partial charge is 0.166 e. The summed E-state index contributed by atoms with van der Waals surface area (Å²) >= 11 is 6.40. The first kappa shape index (κ1) is 14.5. The van der Waals surface area contributed by atoms with Crippen LogP contribution in [0.2, 0.25) is 5.02 Å². The lowest BCUT2D eigenvalue weighted by molar-refractivity contribution is 0.283. The van der Waals surface area contributed by atoms with Crippen molar-refractivity contribution in [2.45, 2.75) is 45.6 Å². The van der Waals surface area contributed by atoms with E-state index in [1.807, 2.05) is 19.9 Å². The largest absolute Gasteiger partial charge is 0.490 e. The van der Waals surface area contributed by atoms with Crippen molar-refractivity contribution < 1.29 is 9.47 Å². The van der Waals surface area contributed by atoms with Crippen LogP contribution in [0.25, 0.3) is 0 Å². The minimum atomic E-state index is -0.0167. The zero-order chi connectivity index (χ0) is 13.8. The molecule has 0 spiro atoms. The summed E-state index contributed by atoms with van der Waals surface area (Å²) in [6, 6.07) is 1.85. The van der Waals surface area contributed by atoms with Crippen LogP contribution in [0, 0.1) is 0 Å². The first-order chi connectivity index (χ1) is 9.19. The maximum Gasteiger partial charge on any atom is 0.166 e. The molecule has 2 rings (SSSR count). The molecule has 19 heavy (non-hydrogen) atoms. The van der Waals surface area contributed by atoms with Gasteiger partial charge in [0.1, 0.15) is 0 Å². The summed E-state index contributed by atoms with van der Waals surface area (Å²) in [4.78, 5) is 0. The molecule has 1 aromatic rings. The van der Waals surface area contributed by atoms with E-state index in [0.29, 0.717) is 19.0 Å². The Balaban J connectivity index is 2.58. The predicted octanol–water partition coefficient (Wildman–Crippen LogP) is 3.86. The van der Waals surface area contributed by atoms with Gasteiger partial charge in [-0.15, -0.1) is 0 Å². The van der Waals surface area contributed by atoms with Crippen molar-refractivity contribution in [1.29, 1.82) is 0 Å². The molecule has 106 valence electrons. The highest BCUT2D eigenvalue weighted by atomic mass is 35.5. The van der Waals surface area contributed by atoms with E-state index in [-0.39, 0.29) is 6.04 Å². The molecule has 1 atom stereocenters. The van der Waals surface area contributed by atoms with Crippen molar-refractivity contribution in [3.63, 3.8) is 0 Å². The van der Waals surface area contributed by atoms with Gasteiger partial charge in [-0.25, -0.2) is 0 Å². The van der Waals surface area contributed by atoms with Gasteiger partial charge in [0.05, 0.1) is 13.2 Å². The molecule has 0 saturated heterocycles. The van der Waals surface area contributed by atoms with Crippen LogP contribution in [0.4, 0.5) is 0 Å². The monoisotopic (exact) mass is 283 g/mol. The van der Waals surface area contributed by atoms with Gasteiger partial charge in [0, 0.05) is 22.7 Å². The van der Waals surface area contributed by atoms with E-state index < -0.39 is 0 Å². The van der Waals surface area contributed by atoms with E-state index in [1.54, 1.807) is 0 Å². The molecule has 0 fully saturated rings. The summed E-state index contributed by atoms with van der Waals surface area (Å²) in [6.07, 6.45) is 4.19. The number of halogens is 1.